The number of phosphoric acid groups is 1. The monoisotopic (exact) mass is 854 g/mol. The first-order valence-corrected chi connectivity index (χ1v) is 26.5. The van der Waals surface area contributed by atoms with Gasteiger partial charge in [-0.1, -0.05) is 150 Å². The molecule has 0 amide bonds. The lowest BCUT2D eigenvalue weighted by atomic mass is 9.73. The zero-order valence-corrected chi connectivity index (χ0v) is 38.2. The Balaban J connectivity index is 1.19. The van der Waals surface area contributed by atoms with Crippen molar-refractivity contribution in [1.29, 1.82) is 0 Å². The molecule has 0 aliphatic heterocycles. The molecule has 0 unspecified atom stereocenters. The van der Waals surface area contributed by atoms with Crippen LogP contribution in [0.15, 0.2) is 109 Å². The van der Waals surface area contributed by atoms with E-state index in [2.05, 4.69) is 33.8 Å². The normalized spacial score (nSPS) is 19.3. The highest BCUT2D eigenvalue weighted by Crippen LogP contribution is 2.55. The molecule has 0 radical (unpaired) electrons. The Kier molecular flexibility index (Phi) is 17.6. The number of carbonyl (C=O) groups excluding carboxylic acids is 1. The van der Waals surface area contributed by atoms with Gasteiger partial charge < -0.3 is 13.9 Å². The van der Waals surface area contributed by atoms with Crippen molar-refractivity contribution in [2.24, 2.45) is 17.8 Å². The molecule has 1 saturated carbocycles. The number of ether oxygens (including phenoxy) is 2. The Bertz CT molecular complexity index is 1870. The standard InChI is InChI=1S/C50H67O8PSi/c1-5-9-13-28-44(57-59(52,55-36-40-23-16-11-17-24-40)56-37-41-25-18-12-19-26-41)30-31-45-46-32-42-27-20-29-48(53-38-50(51)54-35-39-21-14-10-15-22-39)47(42)33-43(46)34-49(45)58-60(6-2,7-3)8-4/h10-12,14-27,29,43-46,49H,5-9,13,28,30-38H2,1-4H3/t43-,44-,45+,46-,49+/m0/s1. The lowest BCUT2D eigenvalue weighted by molar-refractivity contribution is -0.147. The Labute approximate surface area is 360 Å². The van der Waals surface area contributed by atoms with Crippen LogP contribution in [0.1, 0.15) is 100 Å². The largest absolute Gasteiger partial charge is 0.482 e. The maximum atomic E-state index is 14.6. The molecule has 0 N–H and O–H groups in total. The molecule has 10 heteroatoms. The van der Waals surface area contributed by atoms with Crippen LogP contribution in [-0.4, -0.2) is 33.1 Å². The molecule has 60 heavy (non-hydrogen) atoms. The van der Waals surface area contributed by atoms with Crippen molar-refractivity contribution < 1.29 is 36.8 Å². The highest BCUT2D eigenvalue weighted by atomic mass is 31.2. The van der Waals surface area contributed by atoms with Crippen LogP contribution in [0.25, 0.3) is 0 Å². The third kappa shape index (κ3) is 13.0. The van der Waals surface area contributed by atoms with Crippen molar-refractivity contribution in [3.05, 3.63) is 137 Å². The first-order chi connectivity index (χ1) is 29.3. The summed E-state index contributed by atoms with van der Waals surface area (Å²) in [6, 6.07) is 38.8. The van der Waals surface area contributed by atoms with Gasteiger partial charge in [0.25, 0.3) is 0 Å². The highest BCUT2D eigenvalue weighted by Gasteiger charge is 2.48. The van der Waals surface area contributed by atoms with E-state index in [1.165, 1.54) is 11.1 Å². The first kappa shape index (κ1) is 46.0. The van der Waals surface area contributed by atoms with Crippen LogP contribution in [0.3, 0.4) is 0 Å². The van der Waals surface area contributed by atoms with E-state index in [9.17, 15) is 9.36 Å². The number of fused-ring (bicyclic) bond motifs is 2. The highest BCUT2D eigenvalue weighted by molar-refractivity contribution is 7.48. The van der Waals surface area contributed by atoms with Crippen molar-refractivity contribution >= 4 is 22.1 Å². The molecule has 5 atom stereocenters. The second-order valence-corrected chi connectivity index (χ2v) is 23.1. The second-order valence-electron chi connectivity index (χ2n) is 16.7. The molecule has 2 aliphatic rings. The van der Waals surface area contributed by atoms with Crippen molar-refractivity contribution in [1.82, 2.24) is 0 Å². The van der Waals surface area contributed by atoms with Crippen molar-refractivity contribution in [3.63, 3.8) is 0 Å². The fourth-order valence-corrected chi connectivity index (χ4v) is 13.6. The summed E-state index contributed by atoms with van der Waals surface area (Å²) >= 11 is 0. The lowest BCUT2D eigenvalue weighted by Crippen LogP contribution is -2.42. The molecule has 0 saturated heterocycles. The summed E-state index contributed by atoms with van der Waals surface area (Å²) < 4.78 is 52.7. The number of benzene rings is 4. The molecule has 0 aromatic heterocycles. The van der Waals surface area contributed by atoms with Gasteiger partial charge >= 0.3 is 13.8 Å². The minimum absolute atomic E-state index is 0.128. The van der Waals surface area contributed by atoms with Gasteiger partial charge in [-0.05, 0) is 108 Å². The topological polar surface area (TPSA) is 89.5 Å². The van der Waals surface area contributed by atoms with Crippen LogP contribution < -0.4 is 4.74 Å². The summed E-state index contributed by atoms with van der Waals surface area (Å²) in [7, 11) is -5.90. The number of hydrogen-bond acceptors (Lipinski definition) is 8. The molecular formula is C50H67O8PSi. The Morgan fingerprint density at radius 1 is 0.717 bits per heavy atom. The number of unbranched alkanes of at least 4 members (excludes halogenated alkanes) is 2. The third-order valence-corrected chi connectivity index (χ3v) is 19.1. The molecule has 2 aliphatic carbocycles. The molecule has 6 rings (SSSR count). The van der Waals surface area contributed by atoms with Crippen LogP contribution in [0.4, 0.5) is 0 Å². The SMILES string of the molecule is CCCCC[C@@H](CC[C@@H]1[C@H]2Cc3cccc(OCC(=O)OCc4ccccc4)c3C[C@H]2C[C@H]1O[Si](CC)(CC)CC)OP(=O)(OCc1ccccc1)OCc1ccccc1. The summed E-state index contributed by atoms with van der Waals surface area (Å²) in [6.07, 6.45) is 8.22. The first-order valence-electron chi connectivity index (χ1n) is 22.5. The van der Waals surface area contributed by atoms with Gasteiger partial charge in [-0.15, -0.1) is 0 Å². The van der Waals surface area contributed by atoms with Gasteiger partial charge in [0.1, 0.15) is 12.4 Å². The van der Waals surface area contributed by atoms with Crippen LogP contribution in [-0.2, 0) is 64.8 Å². The predicted octanol–water partition coefficient (Wildman–Crippen LogP) is 12.8. The summed E-state index contributed by atoms with van der Waals surface area (Å²) in [5.74, 6) is 1.57. The zero-order chi connectivity index (χ0) is 42.2. The smallest absolute Gasteiger partial charge is 0.475 e. The van der Waals surface area contributed by atoms with Gasteiger partial charge in [-0.3, -0.25) is 13.6 Å². The summed E-state index contributed by atoms with van der Waals surface area (Å²) in [5.41, 5.74) is 5.25. The van der Waals surface area contributed by atoms with E-state index in [-0.39, 0.29) is 44.6 Å². The van der Waals surface area contributed by atoms with E-state index >= 15 is 0 Å². The van der Waals surface area contributed by atoms with Gasteiger partial charge in [-0.2, -0.15) is 0 Å². The lowest BCUT2D eigenvalue weighted by Gasteiger charge is -2.36. The number of esters is 1. The fourth-order valence-electron chi connectivity index (χ4n) is 9.27. The van der Waals surface area contributed by atoms with E-state index in [1.807, 2.05) is 103 Å². The van der Waals surface area contributed by atoms with Gasteiger partial charge in [0.2, 0.25) is 0 Å². The van der Waals surface area contributed by atoms with Crippen molar-refractivity contribution in [3.8, 4) is 5.75 Å². The zero-order valence-electron chi connectivity index (χ0n) is 36.3. The number of hydrogen-bond donors (Lipinski definition) is 0. The van der Waals surface area contributed by atoms with Crippen LogP contribution in [0.5, 0.6) is 5.75 Å². The number of carbonyl (C=O) groups is 1. The van der Waals surface area contributed by atoms with Gasteiger partial charge in [0.15, 0.2) is 14.9 Å². The Morgan fingerprint density at radius 2 is 1.32 bits per heavy atom. The average molecular weight is 855 g/mol. The van der Waals surface area contributed by atoms with E-state index in [4.69, 9.17) is 27.5 Å². The minimum atomic E-state index is -3.96. The van der Waals surface area contributed by atoms with Gasteiger partial charge in [0.05, 0.1) is 19.3 Å². The van der Waals surface area contributed by atoms with Crippen molar-refractivity contribution in [2.45, 2.75) is 136 Å². The second kappa shape index (κ2) is 23.0. The van der Waals surface area contributed by atoms with E-state index in [0.717, 1.165) is 98.4 Å². The van der Waals surface area contributed by atoms with Gasteiger partial charge in [0, 0.05) is 6.10 Å². The van der Waals surface area contributed by atoms with E-state index in [1.54, 1.807) is 0 Å². The Hall–Kier alpha value is -3.56. The van der Waals surface area contributed by atoms with Crippen LogP contribution >= 0.6 is 7.82 Å². The van der Waals surface area contributed by atoms with Crippen LogP contribution in [0.2, 0.25) is 18.1 Å². The molecule has 4 aromatic rings. The molecule has 1 fully saturated rings. The molecular weight excluding hydrogens is 788 g/mol. The molecule has 0 heterocycles. The molecule has 8 nitrogen and oxygen atoms in total. The number of rotatable bonds is 25. The quantitative estimate of drug-likeness (QED) is 0.0282. The predicted molar refractivity (Wildman–Crippen MR) is 241 cm³/mol. The molecule has 0 spiro atoms. The molecule has 4 aromatic carbocycles. The van der Waals surface area contributed by atoms with E-state index in [0.29, 0.717) is 17.8 Å². The fraction of sp³-hybridized carbons (Fsp3) is 0.500. The Morgan fingerprint density at radius 3 is 1.90 bits per heavy atom. The van der Waals surface area contributed by atoms with Gasteiger partial charge in [-0.25, -0.2) is 9.36 Å². The molecule has 324 valence electrons. The average Bonchev–Trinajstić information content (AvgIpc) is 3.62. The number of phosphoric ester groups is 1. The third-order valence-electron chi connectivity index (χ3n) is 12.9. The molecule has 0 bridgehead atoms. The maximum Gasteiger partial charge on any atom is 0.475 e. The maximum absolute atomic E-state index is 14.6. The van der Waals surface area contributed by atoms with Crippen LogP contribution in [0, 0.1) is 17.8 Å². The van der Waals surface area contributed by atoms with E-state index < -0.39 is 16.1 Å². The summed E-state index contributed by atoms with van der Waals surface area (Å²) in [5, 5.41) is 0. The summed E-state index contributed by atoms with van der Waals surface area (Å²) in [4.78, 5) is 12.7. The van der Waals surface area contributed by atoms with Crippen molar-refractivity contribution in [2.75, 3.05) is 6.61 Å². The minimum Gasteiger partial charge on any atom is -0.482 e. The summed E-state index contributed by atoms with van der Waals surface area (Å²) in [6.45, 7) is 9.49.